The van der Waals surface area contributed by atoms with Crippen molar-refractivity contribution in [1.82, 2.24) is 0 Å². The van der Waals surface area contributed by atoms with Gasteiger partial charge in [-0.15, -0.1) is 0 Å². The average Bonchev–Trinajstić information content (AvgIpc) is 0.811. The summed E-state index contributed by atoms with van der Waals surface area (Å²) in [5.41, 5.74) is 4.03. The number of rotatable bonds is 0. The Bertz CT molecular complexity index is 38.7. The molecular formula is C2H6BrMgNO2. The second kappa shape index (κ2) is 16.0. The first-order valence-corrected chi connectivity index (χ1v) is 0.716. The van der Waals surface area contributed by atoms with Crippen LogP contribution in [0.4, 0.5) is 4.79 Å². The Morgan fingerprint density at radius 2 is 1.57 bits per heavy atom. The Morgan fingerprint density at radius 1 is 1.57 bits per heavy atom. The van der Waals surface area contributed by atoms with E-state index in [2.05, 4.69) is 5.73 Å². The fraction of sp³-hybridized carbons (Fsp3) is 0. The van der Waals surface area contributed by atoms with Gasteiger partial charge in [-0.2, -0.15) is 0 Å². The summed E-state index contributed by atoms with van der Waals surface area (Å²) in [4.78, 5) is 8.78. The van der Waals surface area contributed by atoms with Gasteiger partial charge in [-0.25, -0.2) is 4.79 Å². The molecule has 0 saturated carbocycles. The van der Waals surface area contributed by atoms with Gasteiger partial charge in [0, 0.05) is 0 Å². The van der Waals surface area contributed by atoms with Crippen LogP contribution in [0.15, 0.2) is 0 Å². The van der Waals surface area contributed by atoms with Gasteiger partial charge < -0.3 is 35.2 Å². The predicted octanol–water partition coefficient (Wildman–Crippen LogP) is -3.30. The molecule has 0 rings (SSSR count). The van der Waals surface area contributed by atoms with Gasteiger partial charge in [0.2, 0.25) is 0 Å². The van der Waals surface area contributed by atoms with E-state index >= 15 is 0 Å². The largest absolute Gasteiger partial charge is 2.00 e. The normalized spacial score (nSPS) is 3.43. The Labute approximate surface area is 69.2 Å². The fourth-order valence-corrected chi connectivity index (χ4v) is 0. The molecule has 0 aromatic rings. The van der Waals surface area contributed by atoms with E-state index in [1.54, 1.807) is 0 Å². The third-order valence-electron chi connectivity index (χ3n) is 0. The molecule has 40 valence electrons. The summed E-state index contributed by atoms with van der Waals surface area (Å²) in [7, 11) is 0. The molecule has 3 nitrogen and oxygen atoms in total. The molecule has 0 aliphatic carbocycles. The van der Waals surface area contributed by atoms with Gasteiger partial charge in [-0.1, -0.05) is 0 Å². The minimum atomic E-state index is -1.33. The number of halogens is 1. The monoisotopic (exact) mass is 179 g/mol. The second-order valence-electron chi connectivity index (χ2n) is 0.338. The summed E-state index contributed by atoms with van der Waals surface area (Å²) in [5.74, 6) is 0. The molecule has 0 radical (unpaired) electrons. The molecule has 0 heterocycles. The van der Waals surface area contributed by atoms with Gasteiger partial charge >= 0.3 is 29.1 Å². The number of carboxylic acid groups (broad SMARTS) is 1. The number of amides is 1. The molecule has 0 spiro atoms. The molecule has 0 aliphatic heterocycles. The van der Waals surface area contributed by atoms with Crippen LogP contribution in [0.1, 0.15) is 0 Å². The fourth-order valence-electron chi connectivity index (χ4n) is 0. The Hall–Kier alpha value is 0.516. The quantitative estimate of drug-likeness (QED) is 0.303. The molecule has 1 amide bonds. The van der Waals surface area contributed by atoms with Crippen LogP contribution in [0.5, 0.6) is 0 Å². The first-order chi connectivity index (χ1) is 1.73. The molecule has 7 heavy (non-hydrogen) atoms. The predicted molar refractivity (Wildman–Crippen MR) is 24.4 cm³/mol. The van der Waals surface area contributed by atoms with Crippen molar-refractivity contribution in [2.45, 2.75) is 0 Å². The van der Waals surface area contributed by atoms with Crippen molar-refractivity contribution in [3.05, 3.63) is 7.43 Å². The third kappa shape index (κ3) is 499. The van der Waals surface area contributed by atoms with Crippen molar-refractivity contribution in [3.63, 3.8) is 0 Å². The van der Waals surface area contributed by atoms with Crippen LogP contribution >= 0.6 is 0 Å². The van der Waals surface area contributed by atoms with Gasteiger partial charge in [0.1, 0.15) is 0 Å². The van der Waals surface area contributed by atoms with E-state index in [9.17, 15) is 0 Å². The van der Waals surface area contributed by atoms with Crippen molar-refractivity contribution in [2.24, 2.45) is 5.73 Å². The maximum atomic E-state index is 8.78. The van der Waals surface area contributed by atoms with Gasteiger partial charge in [0.15, 0.2) is 0 Å². The van der Waals surface area contributed by atoms with E-state index in [1.807, 2.05) is 0 Å². The Morgan fingerprint density at radius 3 is 1.57 bits per heavy atom. The SMILES string of the molecule is NC(=O)O.[Br-].[CH3-].[Mg+2]. The number of hydrogen-bond donors (Lipinski definition) is 2. The van der Waals surface area contributed by atoms with Crippen LogP contribution in [0.2, 0.25) is 0 Å². The maximum Gasteiger partial charge on any atom is 2.00 e. The zero-order valence-corrected chi connectivity index (χ0v) is 7.02. The molecule has 0 aliphatic rings. The molecule has 0 saturated heterocycles. The smallest absolute Gasteiger partial charge is 1.00 e. The Kier molecular flexibility index (Phi) is 59.1. The van der Waals surface area contributed by atoms with Crippen LogP contribution in [-0.2, 0) is 0 Å². The van der Waals surface area contributed by atoms with Crippen molar-refractivity contribution in [3.8, 4) is 0 Å². The molecule has 0 atom stereocenters. The molecule has 0 unspecified atom stereocenters. The second-order valence-corrected chi connectivity index (χ2v) is 0.338. The Balaban J connectivity index is -0.0000000150. The first-order valence-electron chi connectivity index (χ1n) is 0.716. The minimum Gasteiger partial charge on any atom is -1.00 e. The number of nitrogens with two attached hydrogens (primary N) is 1. The van der Waals surface area contributed by atoms with Crippen LogP contribution in [0.3, 0.4) is 0 Å². The summed E-state index contributed by atoms with van der Waals surface area (Å²) in [6.45, 7) is 0. The maximum absolute atomic E-state index is 8.78. The first kappa shape index (κ1) is 25.8. The zero-order valence-electron chi connectivity index (χ0n) is 4.02. The van der Waals surface area contributed by atoms with E-state index in [0.717, 1.165) is 0 Å². The van der Waals surface area contributed by atoms with Crippen molar-refractivity contribution in [1.29, 1.82) is 0 Å². The van der Waals surface area contributed by atoms with Crippen LogP contribution in [-0.4, -0.2) is 34.3 Å². The summed E-state index contributed by atoms with van der Waals surface area (Å²) in [6, 6.07) is 0. The topological polar surface area (TPSA) is 63.3 Å². The summed E-state index contributed by atoms with van der Waals surface area (Å²) < 4.78 is 0. The van der Waals surface area contributed by atoms with Crippen molar-refractivity contribution in [2.75, 3.05) is 0 Å². The zero-order chi connectivity index (χ0) is 3.58. The van der Waals surface area contributed by atoms with E-state index < -0.39 is 6.09 Å². The molecule has 0 aromatic carbocycles. The minimum absolute atomic E-state index is 0. The van der Waals surface area contributed by atoms with Crippen LogP contribution < -0.4 is 22.7 Å². The molecule has 0 bridgehead atoms. The molecule has 0 aromatic heterocycles. The number of hydrogen-bond acceptors (Lipinski definition) is 1. The van der Waals surface area contributed by atoms with Crippen molar-refractivity contribution >= 4 is 29.1 Å². The van der Waals surface area contributed by atoms with Crippen LogP contribution in [0.25, 0.3) is 0 Å². The molecule has 3 N–H and O–H groups in total. The van der Waals surface area contributed by atoms with Gasteiger partial charge in [0.25, 0.3) is 0 Å². The van der Waals surface area contributed by atoms with Crippen LogP contribution in [0, 0.1) is 7.43 Å². The average molecular weight is 180 g/mol. The standard InChI is InChI=1S/CH3NO2.CH3.BrH.Mg/c2-1(3)4;;;/h2H2,(H,3,4);1H3;1H;/q;-1;;+2/p-1. The molecular weight excluding hydrogens is 174 g/mol. The number of primary amides is 1. The third-order valence-corrected chi connectivity index (χ3v) is 0. The van der Waals surface area contributed by atoms with Gasteiger partial charge in [0.05, 0.1) is 0 Å². The van der Waals surface area contributed by atoms with Crippen molar-refractivity contribution < 1.29 is 26.9 Å². The van der Waals surface area contributed by atoms with E-state index in [0.29, 0.717) is 0 Å². The summed E-state index contributed by atoms with van der Waals surface area (Å²) in [6.07, 6.45) is -1.33. The van der Waals surface area contributed by atoms with E-state index in [-0.39, 0.29) is 47.5 Å². The molecule has 5 heteroatoms. The molecule has 0 fully saturated rings. The number of carbonyl (C=O) groups is 1. The van der Waals surface area contributed by atoms with Gasteiger partial charge in [-0.3, -0.25) is 0 Å². The summed E-state index contributed by atoms with van der Waals surface area (Å²) in [5, 5.41) is 7.19. The van der Waals surface area contributed by atoms with E-state index in [1.165, 1.54) is 0 Å². The van der Waals surface area contributed by atoms with E-state index in [4.69, 9.17) is 9.90 Å². The summed E-state index contributed by atoms with van der Waals surface area (Å²) >= 11 is 0. The van der Waals surface area contributed by atoms with Gasteiger partial charge in [-0.05, 0) is 0 Å².